The Hall–Kier alpha value is -1.22. The minimum Gasteiger partial charge on any atom is -0.272 e. The van der Waals surface area contributed by atoms with E-state index in [9.17, 15) is 0 Å². The molecule has 2 aromatic rings. The summed E-state index contributed by atoms with van der Waals surface area (Å²) in [7, 11) is 0. The molecule has 2 rings (SSSR count). The lowest BCUT2D eigenvalue weighted by atomic mass is 10.4. The first-order chi connectivity index (χ1) is 7.34. The number of nitrogens with zero attached hydrogens (tertiary/aromatic N) is 2. The third-order valence-corrected chi connectivity index (χ3v) is 3.10. The van der Waals surface area contributed by atoms with Gasteiger partial charge in [0, 0.05) is 16.8 Å². The van der Waals surface area contributed by atoms with Gasteiger partial charge in [-0.25, -0.2) is 0 Å². The zero-order valence-electron chi connectivity index (χ0n) is 8.76. The van der Waals surface area contributed by atoms with E-state index >= 15 is 0 Å². The minimum absolute atomic E-state index is 0.966. The molecular weight excluding hydrogens is 204 g/mol. The molecule has 0 bridgehead atoms. The van der Waals surface area contributed by atoms with Crippen LogP contribution in [0.2, 0.25) is 0 Å². The highest BCUT2D eigenvalue weighted by Crippen LogP contribution is 2.16. The molecular formula is C12H14N2S. The minimum atomic E-state index is 0.966. The lowest BCUT2D eigenvalue weighted by molar-refractivity contribution is 0.660. The molecule has 1 aromatic carbocycles. The maximum Gasteiger partial charge on any atom is 0.0593 e. The smallest absolute Gasteiger partial charge is 0.0593 e. The first kappa shape index (κ1) is 10.3. The third kappa shape index (κ3) is 3.13. The van der Waals surface area contributed by atoms with Crippen molar-refractivity contribution in [3.05, 3.63) is 48.3 Å². The molecule has 15 heavy (non-hydrogen) atoms. The van der Waals surface area contributed by atoms with E-state index in [2.05, 4.69) is 29.4 Å². The Labute approximate surface area is 94.3 Å². The van der Waals surface area contributed by atoms with Crippen molar-refractivity contribution in [2.24, 2.45) is 0 Å². The lowest BCUT2D eigenvalue weighted by Crippen LogP contribution is -2.00. The summed E-state index contributed by atoms with van der Waals surface area (Å²) in [5.74, 6) is 1.06. The van der Waals surface area contributed by atoms with E-state index < -0.39 is 0 Å². The van der Waals surface area contributed by atoms with Crippen molar-refractivity contribution in [3.8, 4) is 0 Å². The fourth-order valence-electron chi connectivity index (χ4n) is 1.36. The molecule has 0 radical (unpaired) electrons. The van der Waals surface area contributed by atoms with Crippen molar-refractivity contribution >= 4 is 11.8 Å². The van der Waals surface area contributed by atoms with Crippen molar-refractivity contribution in [2.45, 2.75) is 18.4 Å². The number of hydrogen-bond acceptors (Lipinski definition) is 2. The van der Waals surface area contributed by atoms with Gasteiger partial charge in [-0.3, -0.25) is 4.68 Å². The van der Waals surface area contributed by atoms with Crippen LogP contribution in [0.25, 0.3) is 0 Å². The molecule has 1 aromatic heterocycles. The first-order valence-electron chi connectivity index (χ1n) is 5.02. The van der Waals surface area contributed by atoms with Crippen molar-refractivity contribution in [1.29, 1.82) is 0 Å². The summed E-state index contributed by atoms with van der Waals surface area (Å²) in [5.41, 5.74) is 1.08. The number of rotatable bonds is 4. The van der Waals surface area contributed by atoms with Gasteiger partial charge in [0.05, 0.1) is 12.2 Å². The monoisotopic (exact) mass is 218 g/mol. The Kier molecular flexibility index (Phi) is 3.45. The molecule has 1 heterocycles. The summed E-state index contributed by atoms with van der Waals surface area (Å²) in [6, 6.07) is 12.5. The average Bonchev–Trinajstić information content (AvgIpc) is 2.66. The molecule has 0 fully saturated rings. The molecule has 0 N–H and O–H groups in total. The Morgan fingerprint density at radius 3 is 2.67 bits per heavy atom. The summed E-state index contributed by atoms with van der Waals surface area (Å²) in [6.07, 6.45) is 2.03. The second-order valence-electron chi connectivity index (χ2n) is 3.38. The summed E-state index contributed by atoms with van der Waals surface area (Å²) in [6.45, 7) is 2.98. The SMILES string of the molecule is Cc1ccn(CCSc2ccccc2)n1. The van der Waals surface area contributed by atoms with Crippen LogP contribution in [0, 0.1) is 6.92 Å². The number of thioether (sulfide) groups is 1. The van der Waals surface area contributed by atoms with Crippen LogP contribution in [-0.4, -0.2) is 15.5 Å². The second-order valence-corrected chi connectivity index (χ2v) is 4.55. The topological polar surface area (TPSA) is 17.8 Å². The van der Waals surface area contributed by atoms with Gasteiger partial charge in [-0.15, -0.1) is 11.8 Å². The molecule has 0 atom stereocenters. The highest BCUT2D eigenvalue weighted by atomic mass is 32.2. The molecule has 0 aliphatic heterocycles. The van der Waals surface area contributed by atoms with Crippen molar-refractivity contribution in [2.75, 3.05) is 5.75 Å². The normalized spacial score (nSPS) is 10.5. The van der Waals surface area contributed by atoms with E-state index in [-0.39, 0.29) is 0 Å². The van der Waals surface area contributed by atoms with E-state index in [0.717, 1.165) is 18.0 Å². The largest absolute Gasteiger partial charge is 0.272 e. The van der Waals surface area contributed by atoms with Gasteiger partial charge in [0.25, 0.3) is 0 Å². The van der Waals surface area contributed by atoms with E-state index in [1.54, 1.807) is 0 Å². The van der Waals surface area contributed by atoms with Crippen molar-refractivity contribution in [3.63, 3.8) is 0 Å². The first-order valence-corrected chi connectivity index (χ1v) is 6.01. The van der Waals surface area contributed by atoms with E-state index in [4.69, 9.17) is 0 Å². The standard InChI is InChI=1S/C12H14N2S/c1-11-7-8-14(13-11)9-10-15-12-5-3-2-4-6-12/h2-8H,9-10H2,1H3. The highest BCUT2D eigenvalue weighted by molar-refractivity contribution is 7.99. The van der Waals surface area contributed by atoms with Crippen LogP contribution >= 0.6 is 11.8 Å². The van der Waals surface area contributed by atoms with Crippen molar-refractivity contribution in [1.82, 2.24) is 9.78 Å². The van der Waals surface area contributed by atoms with Gasteiger partial charge in [-0.05, 0) is 25.1 Å². The molecule has 0 saturated heterocycles. The van der Waals surface area contributed by atoms with E-state index in [1.165, 1.54) is 4.90 Å². The van der Waals surface area contributed by atoms with Crippen LogP contribution < -0.4 is 0 Å². The van der Waals surface area contributed by atoms with Crippen LogP contribution in [0.3, 0.4) is 0 Å². The van der Waals surface area contributed by atoms with Gasteiger partial charge in [-0.2, -0.15) is 5.10 Å². The maximum atomic E-state index is 4.35. The molecule has 0 amide bonds. The molecule has 0 saturated carbocycles. The molecule has 0 aliphatic rings. The molecule has 0 unspecified atom stereocenters. The van der Waals surface area contributed by atoms with Gasteiger partial charge in [0.2, 0.25) is 0 Å². The number of aryl methyl sites for hydroxylation is 2. The molecule has 2 nitrogen and oxygen atoms in total. The summed E-state index contributed by atoms with van der Waals surface area (Å²) in [5, 5.41) is 4.35. The van der Waals surface area contributed by atoms with Gasteiger partial charge in [-0.1, -0.05) is 18.2 Å². The van der Waals surface area contributed by atoms with Gasteiger partial charge >= 0.3 is 0 Å². The van der Waals surface area contributed by atoms with Crippen LogP contribution in [0.1, 0.15) is 5.69 Å². The zero-order chi connectivity index (χ0) is 10.5. The van der Waals surface area contributed by atoms with Crippen LogP contribution in [0.4, 0.5) is 0 Å². The Balaban J connectivity index is 1.80. The summed E-state index contributed by atoms with van der Waals surface area (Å²) in [4.78, 5) is 1.32. The fraction of sp³-hybridized carbons (Fsp3) is 0.250. The highest BCUT2D eigenvalue weighted by Gasteiger charge is 1.95. The fourth-order valence-corrected chi connectivity index (χ4v) is 2.23. The molecule has 0 spiro atoms. The van der Waals surface area contributed by atoms with Crippen LogP contribution in [0.5, 0.6) is 0 Å². The molecule has 78 valence electrons. The summed E-state index contributed by atoms with van der Waals surface area (Å²) < 4.78 is 1.99. The third-order valence-electron chi connectivity index (χ3n) is 2.11. The molecule has 0 aliphatic carbocycles. The Morgan fingerprint density at radius 2 is 2.00 bits per heavy atom. The van der Waals surface area contributed by atoms with E-state index in [1.807, 2.05) is 41.7 Å². The lowest BCUT2D eigenvalue weighted by Gasteiger charge is -2.01. The van der Waals surface area contributed by atoms with Crippen LogP contribution in [0.15, 0.2) is 47.5 Å². The van der Waals surface area contributed by atoms with Gasteiger partial charge in [0.15, 0.2) is 0 Å². The predicted molar refractivity (Wildman–Crippen MR) is 64.1 cm³/mol. The van der Waals surface area contributed by atoms with Gasteiger partial charge < -0.3 is 0 Å². The number of aromatic nitrogens is 2. The summed E-state index contributed by atoms with van der Waals surface area (Å²) >= 11 is 1.86. The molecule has 3 heteroatoms. The van der Waals surface area contributed by atoms with Crippen molar-refractivity contribution < 1.29 is 0 Å². The number of benzene rings is 1. The number of hydrogen-bond donors (Lipinski definition) is 0. The zero-order valence-corrected chi connectivity index (χ0v) is 9.57. The Bertz CT molecular complexity index is 409. The Morgan fingerprint density at radius 1 is 1.20 bits per heavy atom. The average molecular weight is 218 g/mol. The van der Waals surface area contributed by atoms with E-state index in [0.29, 0.717) is 0 Å². The van der Waals surface area contributed by atoms with Crippen LogP contribution in [-0.2, 0) is 6.54 Å². The maximum absolute atomic E-state index is 4.35. The van der Waals surface area contributed by atoms with Gasteiger partial charge in [0.1, 0.15) is 0 Å². The quantitative estimate of drug-likeness (QED) is 0.734. The predicted octanol–water partition coefficient (Wildman–Crippen LogP) is 2.98. The second kappa shape index (κ2) is 5.03.